The Morgan fingerprint density at radius 2 is 2.11 bits per heavy atom. The predicted molar refractivity (Wildman–Crippen MR) is 115 cm³/mol. The quantitative estimate of drug-likeness (QED) is 0.682. The summed E-state index contributed by atoms with van der Waals surface area (Å²) in [6.07, 6.45) is 4.11. The third kappa shape index (κ3) is 3.74. The number of hydrogen-bond acceptors (Lipinski definition) is 7. The highest BCUT2D eigenvalue weighted by Gasteiger charge is 2.32. The Labute approximate surface area is 174 Å². The molecule has 1 saturated heterocycles. The number of thiophene rings is 1. The summed E-state index contributed by atoms with van der Waals surface area (Å²) in [6.45, 7) is 9.14. The minimum Gasteiger partial charge on any atom is -0.444 e. The van der Waals surface area contributed by atoms with Gasteiger partial charge < -0.3 is 9.47 Å². The summed E-state index contributed by atoms with van der Waals surface area (Å²) < 4.78 is 14.3. The fourth-order valence-corrected chi connectivity index (χ4v) is 6.26. The molecule has 2 aromatic heterocycles. The molecule has 0 atom stereocenters. The van der Waals surface area contributed by atoms with Crippen LogP contribution in [0.4, 0.5) is 0 Å². The van der Waals surface area contributed by atoms with Crippen molar-refractivity contribution in [1.82, 2.24) is 14.2 Å². The molecular formula is C21H25N3O2S2. The van der Waals surface area contributed by atoms with Crippen molar-refractivity contribution in [2.75, 3.05) is 45.9 Å². The monoisotopic (exact) mass is 415 g/mol. The van der Waals surface area contributed by atoms with Crippen molar-refractivity contribution in [1.29, 1.82) is 0 Å². The maximum Gasteiger partial charge on any atom is 0.189 e. The first-order valence-corrected chi connectivity index (χ1v) is 11.6. The maximum atomic E-state index is 6.31. The smallest absolute Gasteiger partial charge is 0.189 e. The normalized spacial score (nSPS) is 20.3. The molecule has 7 heteroatoms. The van der Waals surface area contributed by atoms with Crippen LogP contribution in [-0.2, 0) is 11.2 Å². The Hall–Kier alpha value is -1.38. The number of pyridine rings is 1. The van der Waals surface area contributed by atoms with Gasteiger partial charge in [-0.1, -0.05) is 0 Å². The van der Waals surface area contributed by atoms with Crippen LogP contribution in [0.3, 0.4) is 0 Å². The van der Waals surface area contributed by atoms with Gasteiger partial charge >= 0.3 is 0 Å². The number of morpholine rings is 1. The molecule has 0 saturated carbocycles. The van der Waals surface area contributed by atoms with Crippen LogP contribution >= 0.6 is 23.3 Å². The molecule has 148 valence electrons. The molecule has 0 aromatic carbocycles. The van der Waals surface area contributed by atoms with Gasteiger partial charge in [-0.15, -0.1) is 11.3 Å². The molecule has 5 nitrogen and oxygen atoms in total. The lowest BCUT2D eigenvalue weighted by Gasteiger charge is -2.28. The van der Waals surface area contributed by atoms with Crippen molar-refractivity contribution >= 4 is 28.2 Å². The van der Waals surface area contributed by atoms with Gasteiger partial charge in [0.05, 0.1) is 18.9 Å². The van der Waals surface area contributed by atoms with Gasteiger partial charge in [0.2, 0.25) is 0 Å². The number of aromatic nitrogens is 1. The number of rotatable bonds is 5. The molecule has 5 rings (SSSR count). The molecule has 0 spiro atoms. The number of hydrogen-bond donors (Lipinski definition) is 0. The van der Waals surface area contributed by atoms with E-state index in [1.54, 1.807) is 16.9 Å². The molecule has 0 radical (unpaired) electrons. The maximum absolute atomic E-state index is 6.31. The minimum atomic E-state index is 0.854. The summed E-state index contributed by atoms with van der Waals surface area (Å²) in [5.74, 6) is 0.854. The minimum absolute atomic E-state index is 0.854. The van der Waals surface area contributed by atoms with Crippen molar-refractivity contribution in [2.45, 2.75) is 19.8 Å². The van der Waals surface area contributed by atoms with Gasteiger partial charge in [-0.05, 0) is 60.4 Å². The molecule has 2 aromatic rings. The van der Waals surface area contributed by atoms with Crippen LogP contribution < -0.4 is 4.74 Å². The molecule has 1 fully saturated rings. The predicted octanol–water partition coefficient (Wildman–Crippen LogP) is 4.20. The third-order valence-electron chi connectivity index (χ3n) is 5.60. The van der Waals surface area contributed by atoms with Crippen LogP contribution in [0.2, 0.25) is 0 Å². The van der Waals surface area contributed by atoms with E-state index in [0.29, 0.717) is 0 Å². The lowest BCUT2D eigenvalue weighted by Crippen LogP contribution is -2.40. The van der Waals surface area contributed by atoms with Crippen LogP contribution in [-0.4, -0.2) is 60.1 Å². The second-order valence-electron chi connectivity index (χ2n) is 7.45. The second kappa shape index (κ2) is 8.16. The average molecular weight is 416 g/mol. The molecule has 0 unspecified atom stereocenters. The van der Waals surface area contributed by atoms with Crippen LogP contribution in [0, 0.1) is 6.92 Å². The fourth-order valence-electron chi connectivity index (χ4n) is 3.96. The van der Waals surface area contributed by atoms with Crippen LogP contribution in [0.25, 0.3) is 4.91 Å². The van der Waals surface area contributed by atoms with Gasteiger partial charge in [0.25, 0.3) is 0 Å². The third-order valence-corrected chi connectivity index (χ3v) is 7.74. The standard InChI is InChI=1S/C21H25N3O2S2/c1-15-18(3-2-6-22-15)26-21-19-17(14-27-21)5-4-16-13-24(28-20(16)19)8-7-23-9-11-25-12-10-23/h2-3,6,14H,4-5,7-13H2,1H3. The van der Waals surface area contributed by atoms with Crippen molar-refractivity contribution in [2.24, 2.45) is 0 Å². The first kappa shape index (κ1) is 18.6. The van der Waals surface area contributed by atoms with E-state index in [4.69, 9.17) is 9.47 Å². The van der Waals surface area contributed by atoms with Gasteiger partial charge in [-0.2, -0.15) is 0 Å². The van der Waals surface area contributed by atoms with Gasteiger partial charge in [0.1, 0.15) is 5.75 Å². The highest BCUT2D eigenvalue weighted by molar-refractivity contribution is 8.06. The Morgan fingerprint density at radius 3 is 2.96 bits per heavy atom. The Balaban J connectivity index is 1.30. The highest BCUT2D eigenvalue weighted by atomic mass is 32.2. The lowest BCUT2D eigenvalue weighted by molar-refractivity contribution is 0.0368. The van der Waals surface area contributed by atoms with Crippen LogP contribution in [0.1, 0.15) is 23.2 Å². The SMILES string of the molecule is Cc1ncccc1Oc1scc2c1C1=C(CC2)CN(CCN2CCOCC2)S1. The van der Waals surface area contributed by atoms with E-state index in [9.17, 15) is 0 Å². The molecule has 0 amide bonds. The van der Waals surface area contributed by atoms with E-state index in [0.717, 1.165) is 68.9 Å². The zero-order valence-corrected chi connectivity index (χ0v) is 17.8. The summed E-state index contributed by atoms with van der Waals surface area (Å²) in [5, 5.41) is 3.29. The van der Waals surface area contributed by atoms with Gasteiger partial charge in [-0.25, -0.2) is 4.31 Å². The summed E-state index contributed by atoms with van der Waals surface area (Å²) in [7, 11) is 0. The van der Waals surface area contributed by atoms with Gasteiger partial charge in [-0.3, -0.25) is 9.88 Å². The van der Waals surface area contributed by atoms with E-state index in [1.165, 1.54) is 22.5 Å². The topological polar surface area (TPSA) is 37.8 Å². The molecule has 0 bridgehead atoms. The van der Waals surface area contributed by atoms with E-state index < -0.39 is 0 Å². The zero-order valence-electron chi connectivity index (χ0n) is 16.1. The molecule has 4 heterocycles. The first-order valence-electron chi connectivity index (χ1n) is 9.93. The molecule has 1 aliphatic carbocycles. The van der Waals surface area contributed by atoms with Crippen LogP contribution in [0.5, 0.6) is 10.8 Å². The zero-order chi connectivity index (χ0) is 18.9. The Bertz CT molecular complexity index is 890. The summed E-state index contributed by atoms with van der Waals surface area (Å²) in [4.78, 5) is 8.30. The molecule has 28 heavy (non-hydrogen) atoms. The summed E-state index contributed by atoms with van der Waals surface area (Å²) in [5.41, 5.74) is 5.27. The highest BCUT2D eigenvalue weighted by Crippen LogP contribution is 2.52. The van der Waals surface area contributed by atoms with Crippen molar-refractivity contribution < 1.29 is 9.47 Å². The van der Waals surface area contributed by atoms with E-state index in [-0.39, 0.29) is 0 Å². The van der Waals surface area contributed by atoms with Crippen molar-refractivity contribution in [3.63, 3.8) is 0 Å². The summed E-state index contributed by atoms with van der Waals surface area (Å²) >= 11 is 3.64. The van der Waals surface area contributed by atoms with Crippen molar-refractivity contribution in [3.8, 4) is 10.8 Å². The van der Waals surface area contributed by atoms with E-state index >= 15 is 0 Å². The molecule has 2 aliphatic heterocycles. The molecular weight excluding hydrogens is 390 g/mol. The Kier molecular flexibility index (Phi) is 5.43. The average Bonchev–Trinajstić information content (AvgIpc) is 3.32. The lowest BCUT2D eigenvalue weighted by atomic mass is 9.95. The van der Waals surface area contributed by atoms with Crippen molar-refractivity contribution in [3.05, 3.63) is 46.1 Å². The number of ether oxygens (including phenoxy) is 2. The number of nitrogens with zero attached hydrogens (tertiary/aromatic N) is 3. The van der Waals surface area contributed by atoms with Crippen LogP contribution in [0.15, 0.2) is 29.3 Å². The molecule has 0 N–H and O–H groups in total. The van der Waals surface area contributed by atoms with E-state index in [1.807, 2.05) is 37.2 Å². The van der Waals surface area contributed by atoms with Gasteiger partial charge in [0, 0.05) is 49.4 Å². The van der Waals surface area contributed by atoms with E-state index in [2.05, 4.69) is 19.6 Å². The Morgan fingerprint density at radius 1 is 1.21 bits per heavy atom. The second-order valence-corrected chi connectivity index (χ2v) is 9.40. The first-order chi connectivity index (χ1) is 13.8. The number of aryl methyl sites for hydroxylation is 2. The molecule has 3 aliphatic rings. The van der Waals surface area contributed by atoms with Gasteiger partial charge in [0.15, 0.2) is 5.06 Å². The summed E-state index contributed by atoms with van der Waals surface area (Å²) in [6, 6.07) is 3.94. The number of fused-ring (bicyclic) bond motifs is 2. The largest absolute Gasteiger partial charge is 0.444 e. The fraction of sp³-hybridized carbons (Fsp3) is 0.476.